The average molecular weight is 246 g/mol. The smallest absolute Gasteiger partial charge is 0.345 e. The van der Waals surface area contributed by atoms with E-state index < -0.39 is 5.97 Å². The van der Waals surface area contributed by atoms with Gasteiger partial charge in [-0.2, -0.15) is 0 Å². The lowest BCUT2D eigenvalue weighted by Gasteiger charge is -2.19. The monoisotopic (exact) mass is 246 g/mol. The van der Waals surface area contributed by atoms with Crippen LogP contribution in [-0.4, -0.2) is 25.0 Å². The molecule has 1 aromatic carbocycles. The van der Waals surface area contributed by atoms with Crippen LogP contribution in [-0.2, 0) is 19.1 Å². The fourth-order valence-electron chi connectivity index (χ4n) is 1.80. The standard InChI is InChI=1S/C14H14O4/c1-2-17-14(16)12-11(15)8-9-18-13(12)10-6-4-3-5-7-10/h3-7H,2,8-9H2,1H3. The molecule has 0 N–H and O–H groups in total. The van der Waals surface area contributed by atoms with Gasteiger partial charge in [-0.05, 0) is 6.92 Å². The van der Waals surface area contributed by atoms with Gasteiger partial charge >= 0.3 is 5.97 Å². The van der Waals surface area contributed by atoms with E-state index in [1.54, 1.807) is 19.1 Å². The second-order valence-corrected chi connectivity index (χ2v) is 3.81. The predicted octanol–water partition coefficient (Wildman–Crippen LogP) is 1.95. The minimum absolute atomic E-state index is 0.0225. The van der Waals surface area contributed by atoms with Gasteiger partial charge in [0.25, 0.3) is 0 Å². The molecule has 4 heteroatoms. The van der Waals surface area contributed by atoms with E-state index in [-0.39, 0.29) is 24.4 Å². The van der Waals surface area contributed by atoms with Gasteiger partial charge in [0, 0.05) is 12.0 Å². The Hall–Kier alpha value is -2.10. The number of carbonyl (C=O) groups is 2. The molecule has 0 saturated heterocycles. The Kier molecular flexibility index (Phi) is 3.77. The first-order chi connectivity index (χ1) is 8.74. The number of ketones is 1. The largest absolute Gasteiger partial charge is 0.491 e. The summed E-state index contributed by atoms with van der Waals surface area (Å²) in [4.78, 5) is 23.7. The van der Waals surface area contributed by atoms with Crippen molar-refractivity contribution in [2.24, 2.45) is 0 Å². The molecule has 1 aromatic rings. The molecule has 1 aliphatic rings. The van der Waals surface area contributed by atoms with Gasteiger partial charge in [0.15, 0.2) is 5.78 Å². The molecule has 0 aromatic heterocycles. The van der Waals surface area contributed by atoms with E-state index in [2.05, 4.69) is 0 Å². The minimum Gasteiger partial charge on any atom is -0.491 e. The first kappa shape index (κ1) is 12.4. The third-order valence-corrected chi connectivity index (χ3v) is 2.60. The van der Waals surface area contributed by atoms with Gasteiger partial charge in [-0.1, -0.05) is 30.3 Å². The zero-order chi connectivity index (χ0) is 13.0. The van der Waals surface area contributed by atoms with Crippen LogP contribution in [0.3, 0.4) is 0 Å². The highest BCUT2D eigenvalue weighted by atomic mass is 16.5. The van der Waals surface area contributed by atoms with Crippen molar-refractivity contribution < 1.29 is 19.1 Å². The van der Waals surface area contributed by atoms with Crippen LogP contribution < -0.4 is 0 Å². The normalized spacial score (nSPS) is 15.3. The zero-order valence-electron chi connectivity index (χ0n) is 10.1. The second-order valence-electron chi connectivity index (χ2n) is 3.81. The first-order valence-electron chi connectivity index (χ1n) is 5.87. The molecule has 1 heterocycles. The summed E-state index contributed by atoms with van der Waals surface area (Å²) >= 11 is 0. The Labute approximate surface area is 105 Å². The quantitative estimate of drug-likeness (QED) is 0.604. The van der Waals surface area contributed by atoms with Crippen LogP contribution in [0.25, 0.3) is 5.76 Å². The van der Waals surface area contributed by atoms with Gasteiger partial charge in [-0.15, -0.1) is 0 Å². The molecule has 0 fully saturated rings. The maximum Gasteiger partial charge on any atom is 0.345 e. The minimum atomic E-state index is -0.610. The fraction of sp³-hybridized carbons (Fsp3) is 0.286. The summed E-state index contributed by atoms with van der Waals surface area (Å²) in [5.41, 5.74) is 0.739. The molecule has 0 saturated carbocycles. The Morgan fingerprint density at radius 3 is 2.72 bits per heavy atom. The van der Waals surface area contributed by atoms with Crippen LogP contribution >= 0.6 is 0 Å². The lowest BCUT2D eigenvalue weighted by Crippen LogP contribution is -2.24. The Morgan fingerprint density at radius 1 is 1.33 bits per heavy atom. The average Bonchev–Trinajstić information content (AvgIpc) is 2.39. The Balaban J connectivity index is 2.46. The predicted molar refractivity (Wildman–Crippen MR) is 65.6 cm³/mol. The molecule has 0 amide bonds. The maximum atomic E-state index is 11.9. The van der Waals surface area contributed by atoms with Crippen LogP contribution in [0, 0.1) is 0 Å². The number of Topliss-reactive ketones (excluding diaryl/α,β-unsaturated/α-hetero) is 1. The van der Waals surface area contributed by atoms with Crippen LogP contribution in [0.2, 0.25) is 0 Å². The maximum absolute atomic E-state index is 11.9. The summed E-state index contributed by atoms with van der Waals surface area (Å²) < 4.78 is 10.4. The number of ether oxygens (including phenoxy) is 2. The first-order valence-corrected chi connectivity index (χ1v) is 5.87. The van der Waals surface area contributed by atoms with E-state index in [1.165, 1.54) is 0 Å². The molecule has 0 radical (unpaired) electrons. The summed E-state index contributed by atoms with van der Waals surface area (Å²) in [6.45, 7) is 2.23. The molecule has 94 valence electrons. The van der Waals surface area contributed by atoms with E-state index in [9.17, 15) is 9.59 Å². The van der Waals surface area contributed by atoms with Crippen LogP contribution in [0.4, 0.5) is 0 Å². The zero-order valence-corrected chi connectivity index (χ0v) is 10.1. The molecule has 0 unspecified atom stereocenters. The highest BCUT2D eigenvalue weighted by molar-refractivity contribution is 6.22. The molecule has 4 nitrogen and oxygen atoms in total. The van der Waals surface area contributed by atoms with Crippen LogP contribution in [0.1, 0.15) is 18.9 Å². The van der Waals surface area contributed by atoms with Crippen molar-refractivity contribution in [3.8, 4) is 0 Å². The molecule has 0 atom stereocenters. The van der Waals surface area contributed by atoms with E-state index in [4.69, 9.17) is 9.47 Å². The molecule has 0 aliphatic carbocycles. The van der Waals surface area contributed by atoms with Crippen molar-refractivity contribution in [1.29, 1.82) is 0 Å². The number of carbonyl (C=O) groups excluding carboxylic acids is 2. The molecular formula is C14H14O4. The third kappa shape index (κ3) is 2.42. The second kappa shape index (κ2) is 5.49. The fourth-order valence-corrected chi connectivity index (χ4v) is 1.80. The molecule has 2 rings (SSSR count). The number of rotatable bonds is 3. The van der Waals surface area contributed by atoms with Crippen molar-refractivity contribution in [2.45, 2.75) is 13.3 Å². The molecule has 1 aliphatic heterocycles. The van der Waals surface area contributed by atoms with Crippen LogP contribution in [0.15, 0.2) is 35.9 Å². The van der Waals surface area contributed by atoms with Crippen molar-refractivity contribution in [1.82, 2.24) is 0 Å². The lowest BCUT2D eigenvalue weighted by atomic mass is 10.0. The molecule has 0 spiro atoms. The summed E-state index contributed by atoms with van der Waals surface area (Å²) in [6, 6.07) is 9.11. The van der Waals surface area contributed by atoms with E-state index in [0.717, 1.165) is 0 Å². The van der Waals surface area contributed by atoms with Gasteiger partial charge in [0.2, 0.25) is 0 Å². The van der Waals surface area contributed by atoms with Crippen LogP contribution in [0.5, 0.6) is 0 Å². The SMILES string of the molecule is CCOC(=O)C1=C(c2ccccc2)OCCC1=O. The van der Waals surface area contributed by atoms with E-state index >= 15 is 0 Å². The summed E-state index contributed by atoms with van der Waals surface area (Å²) in [5.74, 6) is -0.509. The molecular weight excluding hydrogens is 232 g/mol. The van der Waals surface area contributed by atoms with Crippen molar-refractivity contribution in [3.63, 3.8) is 0 Å². The van der Waals surface area contributed by atoms with Gasteiger partial charge in [-0.25, -0.2) is 4.79 Å². The number of esters is 1. The summed E-state index contributed by atoms with van der Waals surface area (Å²) in [7, 11) is 0. The number of benzene rings is 1. The third-order valence-electron chi connectivity index (χ3n) is 2.60. The van der Waals surface area contributed by atoms with Gasteiger partial charge in [0.1, 0.15) is 11.3 Å². The summed E-state index contributed by atoms with van der Waals surface area (Å²) in [5, 5.41) is 0. The van der Waals surface area contributed by atoms with Crippen molar-refractivity contribution >= 4 is 17.5 Å². The highest BCUT2D eigenvalue weighted by Gasteiger charge is 2.29. The van der Waals surface area contributed by atoms with E-state index in [0.29, 0.717) is 17.9 Å². The Morgan fingerprint density at radius 2 is 2.06 bits per heavy atom. The Bertz CT molecular complexity index is 488. The van der Waals surface area contributed by atoms with E-state index in [1.807, 2.05) is 18.2 Å². The molecule has 18 heavy (non-hydrogen) atoms. The molecule has 0 bridgehead atoms. The summed E-state index contributed by atoms with van der Waals surface area (Å²) in [6.07, 6.45) is 0.213. The van der Waals surface area contributed by atoms with Gasteiger partial charge in [-0.3, -0.25) is 4.79 Å². The number of hydrogen-bond donors (Lipinski definition) is 0. The number of hydrogen-bond acceptors (Lipinski definition) is 4. The highest BCUT2D eigenvalue weighted by Crippen LogP contribution is 2.26. The van der Waals surface area contributed by atoms with Crippen molar-refractivity contribution in [2.75, 3.05) is 13.2 Å². The lowest BCUT2D eigenvalue weighted by molar-refractivity contribution is -0.140. The topological polar surface area (TPSA) is 52.6 Å². The van der Waals surface area contributed by atoms with Gasteiger partial charge < -0.3 is 9.47 Å². The van der Waals surface area contributed by atoms with Gasteiger partial charge in [0.05, 0.1) is 13.2 Å². The van der Waals surface area contributed by atoms with Crippen molar-refractivity contribution in [3.05, 3.63) is 41.5 Å².